The van der Waals surface area contributed by atoms with Gasteiger partial charge in [-0.15, -0.1) is 5.10 Å². The number of benzene rings is 1. The van der Waals surface area contributed by atoms with Crippen LogP contribution in [-0.4, -0.2) is 249 Å². The first-order valence-corrected chi connectivity index (χ1v) is 42.3. The van der Waals surface area contributed by atoms with Gasteiger partial charge in [-0.05, 0) is 102 Å². The molecular formula is C87H113N15O29. The second-order valence-electron chi connectivity index (χ2n) is 32.1. The molecule has 15 atom stereocenters. The van der Waals surface area contributed by atoms with E-state index < -0.39 is 256 Å². The number of aliphatic hydroxyl groups is 1. The average Bonchev–Trinajstić information content (AvgIpc) is 1.06. The van der Waals surface area contributed by atoms with Crippen molar-refractivity contribution in [1.29, 1.82) is 0 Å². The first kappa shape index (κ1) is 106. The number of esters is 1. The number of aryl methyl sites for hydroxylation is 1. The highest BCUT2D eigenvalue weighted by molar-refractivity contribution is 6.01. The third kappa shape index (κ3) is 37.4. The van der Waals surface area contributed by atoms with E-state index in [9.17, 15) is 127 Å². The standard InChI is InChI=1S/C87H113N15O29/c1-6-12-69-49(5)65(104)42-70(131-69)61(16-9-13-46(2)31-48(4)32-47(3)19-25-59-15-10-18-76(118)130-59)97-87(128)129-30-27-56-45-102(101-100-56)29-11-17-60(66(105)35-53(38-72(110)111)82(122)96-63(40-74(114)115)67(106)34-51(84(124)125)14-7-8-28-88)93-81(121)54(39-73(112)113)36-68(107)64(41-75(116)117)95-80(120)52(37-71(108)109)33-58(103)24-26-62(85(126)127)94-79(119)50-20-22-55(23-21-50)90-43-57-44-91-78-77(92-57)83(123)99-86(89)98-78/h6,9-10,12-13,16,18-23,25,32,44-45,48-49,51-54,59-65,69-70,90,104H,7-8,11,14-15,17,24,26-31,33-43,88H2,1-5H3,(H,93,121)(H,94,119)(H,95,120)(H,96,122)(H,97,128)(H,108,109)(H,110,111)(H,112,113)(H,114,115)(H,116,117)(H,124,125)(H,126,127)(H3,89,91,98,99,123)/b12-6+,16-9+,25-19+,46-13+,47-32-/t48-,49+,51+,52-,53-,54-,59-,60+,61-,62+,63-,64-,65-,69+,70+/m1/s1. The van der Waals surface area contributed by atoms with Gasteiger partial charge in [-0.3, -0.25) is 71.8 Å². The van der Waals surface area contributed by atoms with Gasteiger partial charge in [0.25, 0.3) is 5.91 Å². The van der Waals surface area contributed by atoms with Crippen molar-refractivity contribution in [3.05, 3.63) is 126 Å². The number of alkyl carbamates (subject to hydrolysis) is 1. The molecule has 1 fully saturated rings. The Hall–Kier alpha value is -13.9. The van der Waals surface area contributed by atoms with Crippen molar-refractivity contribution in [2.45, 2.75) is 231 Å². The minimum absolute atomic E-state index is 0.0173. The molecule has 0 saturated carbocycles. The summed E-state index contributed by atoms with van der Waals surface area (Å²) in [4.78, 5) is 240. The van der Waals surface area contributed by atoms with E-state index in [0.29, 0.717) is 30.6 Å². The fourth-order valence-electron chi connectivity index (χ4n) is 14.4. The summed E-state index contributed by atoms with van der Waals surface area (Å²) in [7, 11) is 0. The minimum Gasteiger partial charge on any atom is -0.492 e. The number of ketones is 4. The van der Waals surface area contributed by atoms with E-state index in [0.717, 1.165) is 11.1 Å². The summed E-state index contributed by atoms with van der Waals surface area (Å²) in [5.74, 6) is -30.2. The van der Waals surface area contributed by atoms with Gasteiger partial charge in [-0.25, -0.2) is 24.4 Å². The number of amides is 5. The number of fused-ring (bicyclic) bond motifs is 1. The lowest BCUT2D eigenvalue weighted by molar-refractivity contribution is -0.146. The van der Waals surface area contributed by atoms with Crippen molar-refractivity contribution in [3.63, 3.8) is 0 Å². The van der Waals surface area contributed by atoms with Gasteiger partial charge in [-0.2, -0.15) is 9.97 Å². The van der Waals surface area contributed by atoms with Crippen LogP contribution in [0.15, 0.2) is 109 Å². The first-order valence-electron chi connectivity index (χ1n) is 42.3. The topological polar surface area (TPSA) is 706 Å². The number of cyclic esters (lactones) is 1. The minimum atomic E-state index is -2.22. The molecule has 5 heterocycles. The van der Waals surface area contributed by atoms with Gasteiger partial charge in [0.05, 0.1) is 129 Å². The number of aliphatic hydroxyl groups excluding tert-OH is 1. The van der Waals surface area contributed by atoms with Crippen LogP contribution >= 0.6 is 0 Å². The molecule has 44 nitrogen and oxygen atoms in total. The van der Waals surface area contributed by atoms with E-state index in [1.807, 2.05) is 45.9 Å². The van der Waals surface area contributed by atoms with E-state index in [-0.39, 0.29) is 105 Å². The Morgan fingerprint density at radius 3 is 1.84 bits per heavy atom. The van der Waals surface area contributed by atoms with Gasteiger partial charge in [0.15, 0.2) is 28.5 Å². The molecule has 0 unspecified atom stereocenters. The molecule has 44 heteroatoms. The van der Waals surface area contributed by atoms with Crippen molar-refractivity contribution >= 4 is 123 Å². The summed E-state index contributed by atoms with van der Waals surface area (Å²) in [5, 5.41) is 114. The van der Waals surface area contributed by atoms with Crippen LogP contribution in [0.3, 0.4) is 0 Å². The number of rotatable bonds is 58. The lowest BCUT2D eigenvalue weighted by Crippen LogP contribution is -2.51. The number of aromatic nitrogens is 7. The maximum Gasteiger partial charge on any atom is 0.407 e. The van der Waals surface area contributed by atoms with Gasteiger partial charge in [0.2, 0.25) is 29.5 Å². The zero-order chi connectivity index (χ0) is 96.7. The van der Waals surface area contributed by atoms with Crippen LogP contribution in [-0.2, 0) is 106 Å². The number of nitrogens with zero attached hydrogens (tertiary/aromatic N) is 7. The SMILES string of the molecule is C/C=C/[C@@H]1O[C@H]([C@@H](/C=C/C=C(\C)C[C@@H](C)/C=C(C)\C=C\[C@H]2CC=CC(=O)O2)NC(=O)OCCc2cn(CCC[C@H](NC(=O)[C@@H](CC(=O)O)CC(=O)[C@@H](CC(=O)O)NC(=O)[C@@H](CC(=O)O)CC(=O)CC[C@H](NC(=O)c3ccc(NCc4cnc5nc(N)nc(O)c5n4)cc3)C(=O)O)C(=O)C[C@H](CC(=O)O)C(=O)N[C@H](CC(=O)O)C(=O)C[C@H](CCCCN)C(=O)O)nn2)C[C@@H](O)[C@@H]1C. The molecule has 131 heavy (non-hydrogen) atoms. The molecule has 0 radical (unpaired) electrons. The molecule has 2 aliphatic heterocycles. The second-order valence-corrected chi connectivity index (χ2v) is 32.1. The number of aliphatic carboxylic acids is 7. The van der Waals surface area contributed by atoms with E-state index in [2.05, 4.69) is 68.2 Å². The number of hydrogen-bond donors (Lipinski definition) is 17. The van der Waals surface area contributed by atoms with Crippen molar-refractivity contribution in [1.82, 2.24) is 61.5 Å². The molecule has 0 aliphatic carbocycles. The number of carboxylic acid groups (broad SMARTS) is 7. The number of nitrogens with one attached hydrogen (secondary N) is 6. The van der Waals surface area contributed by atoms with Crippen molar-refractivity contribution < 1.29 is 142 Å². The fraction of sp³-hybridized carbons (Fsp3) is 0.506. The van der Waals surface area contributed by atoms with Crippen LogP contribution in [0.4, 0.5) is 16.4 Å². The number of carbonyl (C=O) groups excluding carboxylic acids is 10. The molecule has 1 aromatic carbocycles. The highest BCUT2D eigenvalue weighted by Gasteiger charge is 2.40. The second kappa shape index (κ2) is 53.2. The van der Waals surface area contributed by atoms with Crippen LogP contribution in [0.1, 0.15) is 178 Å². The maximum absolute atomic E-state index is 14.7. The number of nitrogens with two attached hydrogens (primary N) is 2. The van der Waals surface area contributed by atoms with Crippen LogP contribution < -0.4 is 43.4 Å². The number of hydrogen-bond acceptors (Lipinski definition) is 31. The zero-order valence-electron chi connectivity index (χ0n) is 72.8. The summed E-state index contributed by atoms with van der Waals surface area (Å²) >= 11 is 0. The Morgan fingerprint density at radius 1 is 0.664 bits per heavy atom. The number of nitrogen functional groups attached to an aromatic ring is 1. The molecule has 0 bridgehead atoms. The van der Waals surface area contributed by atoms with Crippen molar-refractivity contribution in [3.8, 4) is 5.88 Å². The molecule has 2 aliphatic rings. The number of aromatic hydroxyl groups is 1. The molecule has 6 rings (SSSR count). The van der Waals surface area contributed by atoms with Gasteiger partial charge < -0.3 is 104 Å². The van der Waals surface area contributed by atoms with Gasteiger partial charge in [-0.1, -0.05) is 85.2 Å². The van der Waals surface area contributed by atoms with Gasteiger partial charge in [0.1, 0.15) is 17.9 Å². The lowest BCUT2D eigenvalue weighted by Gasteiger charge is -2.39. The quantitative estimate of drug-likeness (QED) is 0.0129. The Bertz CT molecular complexity index is 4950. The van der Waals surface area contributed by atoms with Gasteiger partial charge in [0, 0.05) is 87.4 Å². The van der Waals surface area contributed by atoms with E-state index >= 15 is 0 Å². The molecule has 710 valence electrons. The molecule has 19 N–H and O–H groups in total. The number of unbranched alkanes of at least 4 members (excludes halogenated alkanes) is 1. The summed E-state index contributed by atoms with van der Waals surface area (Å²) in [6.45, 7) is 9.37. The summed E-state index contributed by atoms with van der Waals surface area (Å²) in [5.41, 5.74) is 14.1. The smallest absolute Gasteiger partial charge is 0.407 e. The maximum atomic E-state index is 14.7. The summed E-state index contributed by atoms with van der Waals surface area (Å²) in [6, 6.07) is -3.08. The van der Waals surface area contributed by atoms with E-state index in [4.69, 9.17) is 25.7 Å². The summed E-state index contributed by atoms with van der Waals surface area (Å²) < 4.78 is 18.6. The van der Waals surface area contributed by atoms with E-state index in [1.165, 1.54) is 47.4 Å². The number of carboxylic acids is 7. The van der Waals surface area contributed by atoms with Crippen LogP contribution in [0, 0.1) is 35.5 Å². The molecular weight excluding hydrogens is 1720 g/mol. The van der Waals surface area contributed by atoms with Gasteiger partial charge >= 0.3 is 53.8 Å². The normalized spacial score (nSPS) is 18.1. The molecule has 3 aromatic heterocycles. The average molecular weight is 1830 g/mol. The molecule has 4 aromatic rings. The lowest BCUT2D eigenvalue weighted by atomic mass is 9.87. The van der Waals surface area contributed by atoms with Crippen molar-refractivity contribution in [2.24, 2.45) is 41.2 Å². The number of anilines is 2. The molecule has 5 amide bonds. The monoisotopic (exact) mass is 1830 g/mol. The number of ether oxygens (including phenoxy) is 3. The largest absolute Gasteiger partial charge is 0.492 e. The highest BCUT2D eigenvalue weighted by Crippen LogP contribution is 2.30. The Morgan fingerprint density at radius 2 is 1.26 bits per heavy atom. The number of carbonyl (C=O) groups is 17. The molecule has 1 saturated heterocycles. The highest BCUT2D eigenvalue weighted by atomic mass is 16.6. The molecule has 0 spiro atoms. The number of Topliss-reactive ketones (excluding diaryl/α,β-unsaturated/α-hetero) is 4. The van der Waals surface area contributed by atoms with Crippen LogP contribution in [0.25, 0.3) is 11.2 Å². The predicted molar refractivity (Wildman–Crippen MR) is 461 cm³/mol. The van der Waals surface area contributed by atoms with Crippen molar-refractivity contribution in [2.75, 3.05) is 24.2 Å². The zero-order valence-corrected chi connectivity index (χ0v) is 72.8. The summed E-state index contributed by atoms with van der Waals surface area (Å²) in [6.07, 6.45) is 7.02. The Kier molecular flexibility index (Phi) is 43.0. The third-order valence-corrected chi connectivity index (χ3v) is 21.2. The fourth-order valence-corrected chi connectivity index (χ4v) is 14.4. The number of allylic oxidation sites excluding steroid dienone is 7. The first-order chi connectivity index (χ1) is 62.1. The third-order valence-electron chi connectivity index (χ3n) is 21.2. The van der Waals surface area contributed by atoms with E-state index in [1.54, 1.807) is 37.3 Å². The Balaban J connectivity index is 1.16. The Labute approximate surface area is 751 Å². The van der Waals surface area contributed by atoms with Crippen LogP contribution in [0.5, 0.6) is 5.88 Å². The van der Waals surface area contributed by atoms with Crippen LogP contribution in [0.2, 0.25) is 0 Å². The predicted octanol–water partition coefficient (Wildman–Crippen LogP) is 3.97.